The van der Waals surface area contributed by atoms with Crippen LogP contribution in [-0.4, -0.2) is 60.9 Å². The Balaban J connectivity index is 1.72. The first-order chi connectivity index (χ1) is 16.1. The van der Waals surface area contributed by atoms with E-state index in [0.717, 1.165) is 31.8 Å². The molecule has 2 aliphatic heterocycles. The van der Waals surface area contributed by atoms with Crippen molar-refractivity contribution in [3.63, 3.8) is 0 Å². The van der Waals surface area contributed by atoms with Crippen molar-refractivity contribution in [1.29, 1.82) is 5.26 Å². The van der Waals surface area contributed by atoms with Gasteiger partial charge in [-0.05, 0) is 54.9 Å². The van der Waals surface area contributed by atoms with Crippen molar-refractivity contribution in [2.45, 2.75) is 20.3 Å². The second-order valence-electron chi connectivity index (χ2n) is 8.12. The van der Waals surface area contributed by atoms with Crippen LogP contribution >= 0.6 is 0 Å². The van der Waals surface area contributed by atoms with E-state index in [1.165, 1.54) is 4.90 Å². The van der Waals surface area contributed by atoms with Crippen molar-refractivity contribution in [2.24, 2.45) is 0 Å². The summed E-state index contributed by atoms with van der Waals surface area (Å²) in [5, 5.41) is 9.09. The summed E-state index contributed by atoms with van der Waals surface area (Å²) in [4.78, 5) is 32.8. The van der Waals surface area contributed by atoms with Crippen LogP contribution in [0, 0.1) is 11.3 Å². The number of amides is 2. The smallest absolute Gasteiger partial charge is 0.282 e. The molecule has 0 radical (unpaired) electrons. The molecule has 2 amide bonds. The normalized spacial score (nSPS) is 17.0. The second-order valence-corrected chi connectivity index (χ2v) is 8.12. The summed E-state index contributed by atoms with van der Waals surface area (Å²) in [7, 11) is 0. The van der Waals surface area contributed by atoms with E-state index in [9.17, 15) is 9.59 Å². The molecule has 170 valence electrons. The summed E-state index contributed by atoms with van der Waals surface area (Å²) in [5.41, 5.74) is 2.50. The van der Waals surface area contributed by atoms with Gasteiger partial charge in [-0.2, -0.15) is 5.26 Å². The van der Waals surface area contributed by atoms with E-state index in [-0.39, 0.29) is 11.8 Å². The zero-order valence-electron chi connectivity index (χ0n) is 19.1. The molecule has 1 saturated heterocycles. The summed E-state index contributed by atoms with van der Waals surface area (Å²) in [6, 6.07) is 16.0. The van der Waals surface area contributed by atoms with Crippen LogP contribution in [0.3, 0.4) is 0 Å². The maximum atomic E-state index is 13.6. The van der Waals surface area contributed by atoms with Crippen molar-refractivity contribution in [2.75, 3.05) is 44.2 Å². The Morgan fingerprint density at radius 3 is 2.15 bits per heavy atom. The Kier molecular flexibility index (Phi) is 6.76. The van der Waals surface area contributed by atoms with Gasteiger partial charge in [0, 0.05) is 26.2 Å². The van der Waals surface area contributed by atoms with Crippen LogP contribution in [0.2, 0.25) is 0 Å². The Hall–Kier alpha value is -3.63. The van der Waals surface area contributed by atoms with E-state index in [4.69, 9.17) is 10.00 Å². The van der Waals surface area contributed by atoms with Gasteiger partial charge in [0.2, 0.25) is 0 Å². The quantitative estimate of drug-likeness (QED) is 0.610. The van der Waals surface area contributed by atoms with Crippen molar-refractivity contribution < 1.29 is 14.3 Å². The first-order valence-corrected chi connectivity index (χ1v) is 11.4. The summed E-state index contributed by atoms with van der Waals surface area (Å²) in [5.74, 6) is 0.0656. The van der Waals surface area contributed by atoms with Gasteiger partial charge in [-0.3, -0.25) is 9.59 Å². The fraction of sp³-hybridized carbons (Fsp3) is 0.346. The SMILES string of the molecule is CCCOc1ccc(C2=C(N3CCN(CC)CC3)C(=O)N(c3ccc(C#N)cc3)C2=O)cc1. The topological polar surface area (TPSA) is 76.9 Å². The molecule has 0 N–H and O–H groups in total. The summed E-state index contributed by atoms with van der Waals surface area (Å²) in [6.07, 6.45) is 0.910. The molecule has 2 heterocycles. The van der Waals surface area contributed by atoms with Gasteiger partial charge in [0.25, 0.3) is 11.8 Å². The van der Waals surface area contributed by atoms with Crippen molar-refractivity contribution in [3.8, 4) is 11.8 Å². The predicted octanol–water partition coefficient (Wildman–Crippen LogP) is 3.27. The van der Waals surface area contributed by atoms with Crippen LogP contribution in [0.5, 0.6) is 5.75 Å². The molecule has 4 rings (SSSR count). The number of carbonyl (C=O) groups excluding carboxylic acids is 2. The van der Waals surface area contributed by atoms with E-state index in [2.05, 4.69) is 17.9 Å². The average molecular weight is 445 g/mol. The zero-order valence-corrected chi connectivity index (χ0v) is 19.1. The van der Waals surface area contributed by atoms with Crippen molar-refractivity contribution >= 4 is 23.1 Å². The lowest BCUT2D eigenvalue weighted by Gasteiger charge is -2.36. The molecule has 7 heteroatoms. The third-order valence-corrected chi connectivity index (χ3v) is 6.07. The van der Waals surface area contributed by atoms with Crippen LogP contribution in [0.1, 0.15) is 31.4 Å². The van der Waals surface area contributed by atoms with E-state index in [1.807, 2.05) is 36.1 Å². The number of ether oxygens (including phenoxy) is 1. The molecule has 0 aliphatic carbocycles. The summed E-state index contributed by atoms with van der Waals surface area (Å²) < 4.78 is 5.68. The second kappa shape index (κ2) is 9.88. The van der Waals surface area contributed by atoms with E-state index < -0.39 is 0 Å². The number of hydrogen-bond acceptors (Lipinski definition) is 6. The lowest BCUT2D eigenvalue weighted by atomic mass is 10.0. The lowest BCUT2D eigenvalue weighted by molar-refractivity contribution is -0.120. The lowest BCUT2D eigenvalue weighted by Crippen LogP contribution is -2.47. The molecular weight excluding hydrogens is 416 g/mol. The van der Waals surface area contributed by atoms with Gasteiger partial charge in [-0.25, -0.2) is 4.90 Å². The third kappa shape index (κ3) is 4.48. The van der Waals surface area contributed by atoms with E-state index in [0.29, 0.717) is 47.8 Å². The molecule has 0 spiro atoms. The maximum Gasteiger partial charge on any atom is 0.282 e. The van der Waals surface area contributed by atoms with Gasteiger partial charge in [-0.1, -0.05) is 26.0 Å². The molecule has 0 aromatic heterocycles. The van der Waals surface area contributed by atoms with Crippen LogP contribution in [0.15, 0.2) is 54.2 Å². The van der Waals surface area contributed by atoms with Gasteiger partial charge in [0.05, 0.1) is 29.5 Å². The molecule has 1 fully saturated rings. The minimum atomic E-state index is -0.347. The monoisotopic (exact) mass is 444 g/mol. The highest BCUT2D eigenvalue weighted by Gasteiger charge is 2.43. The number of piperazine rings is 1. The largest absolute Gasteiger partial charge is 0.494 e. The Bertz CT molecular complexity index is 1090. The Morgan fingerprint density at radius 1 is 0.909 bits per heavy atom. The molecule has 0 unspecified atom stereocenters. The highest BCUT2D eigenvalue weighted by Crippen LogP contribution is 2.35. The molecule has 0 atom stereocenters. The number of rotatable bonds is 7. The fourth-order valence-electron chi connectivity index (χ4n) is 4.22. The molecule has 0 bridgehead atoms. The zero-order chi connectivity index (χ0) is 23.4. The van der Waals surface area contributed by atoms with Crippen molar-refractivity contribution in [1.82, 2.24) is 9.80 Å². The van der Waals surface area contributed by atoms with Gasteiger partial charge in [0.15, 0.2) is 0 Å². The molecule has 2 aromatic rings. The summed E-state index contributed by atoms with van der Waals surface area (Å²) >= 11 is 0. The van der Waals surface area contributed by atoms with Crippen molar-refractivity contribution in [3.05, 3.63) is 65.4 Å². The van der Waals surface area contributed by atoms with Gasteiger partial charge in [-0.15, -0.1) is 0 Å². The number of imide groups is 1. The molecular formula is C26H28N4O3. The summed E-state index contributed by atoms with van der Waals surface area (Å²) in [6.45, 7) is 8.81. The fourth-order valence-corrected chi connectivity index (χ4v) is 4.22. The highest BCUT2D eigenvalue weighted by molar-refractivity contribution is 6.45. The van der Waals surface area contributed by atoms with E-state index >= 15 is 0 Å². The first kappa shape index (κ1) is 22.6. The average Bonchev–Trinajstić information content (AvgIpc) is 3.13. The number of nitriles is 1. The number of anilines is 1. The number of hydrogen-bond donors (Lipinski definition) is 0. The first-order valence-electron chi connectivity index (χ1n) is 11.4. The standard InChI is InChI=1S/C26H28N4O3/c1-3-17-33-22-11-7-20(8-12-22)23-24(29-15-13-28(4-2)14-16-29)26(32)30(25(23)31)21-9-5-19(18-27)6-10-21/h5-12H,3-4,13-17H2,1-2H3. The third-order valence-electron chi connectivity index (χ3n) is 6.07. The minimum absolute atomic E-state index is 0.323. The van der Waals surface area contributed by atoms with E-state index in [1.54, 1.807) is 24.3 Å². The molecule has 2 aromatic carbocycles. The van der Waals surface area contributed by atoms with Crippen LogP contribution in [0.25, 0.3) is 5.57 Å². The predicted molar refractivity (Wildman–Crippen MR) is 126 cm³/mol. The van der Waals surface area contributed by atoms with Crippen LogP contribution in [-0.2, 0) is 9.59 Å². The molecule has 7 nitrogen and oxygen atoms in total. The molecule has 33 heavy (non-hydrogen) atoms. The number of nitrogens with zero attached hydrogens (tertiary/aromatic N) is 4. The maximum absolute atomic E-state index is 13.6. The van der Waals surface area contributed by atoms with Crippen LogP contribution in [0.4, 0.5) is 5.69 Å². The van der Waals surface area contributed by atoms with Gasteiger partial charge in [0.1, 0.15) is 11.4 Å². The van der Waals surface area contributed by atoms with Gasteiger partial charge < -0.3 is 14.5 Å². The number of carbonyl (C=O) groups is 2. The molecule has 0 saturated carbocycles. The Morgan fingerprint density at radius 2 is 1.58 bits per heavy atom. The van der Waals surface area contributed by atoms with Crippen LogP contribution < -0.4 is 9.64 Å². The molecule has 2 aliphatic rings. The number of likely N-dealkylation sites (N-methyl/N-ethyl adjacent to an activating group) is 1. The highest BCUT2D eigenvalue weighted by atomic mass is 16.5. The number of benzene rings is 2. The van der Waals surface area contributed by atoms with Gasteiger partial charge >= 0.3 is 0 Å². The Labute approximate surface area is 194 Å². The minimum Gasteiger partial charge on any atom is -0.494 e.